The van der Waals surface area contributed by atoms with Gasteiger partial charge in [-0.25, -0.2) is 4.79 Å². The van der Waals surface area contributed by atoms with Crippen LogP contribution in [0.4, 0.5) is 4.79 Å². The summed E-state index contributed by atoms with van der Waals surface area (Å²) in [7, 11) is 0. The van der Waals surface area contributed by atoms with Gasteiger partial charge in [-0.3, -0.25) is 4.99 Å². The Bertz CT molecular complexity index is 713. The van der Waals surface area contributed by atoms with Gasteiger partial charge in [-0.05, 0) is 52.2 Å². The van der Waals surface area contributed by atoms with E-state index in [1.54, 1.807) is 0 Å². The number of hydrogen-bond donors (Lipinski definition) is 3. The van der Waals surface area contributed by atoms with Crippen molar-refractivity contribution in [2.75, 3.05) is 39.4 Å². The molecule has 1 aromatic carbocycles. The first-order valence-corrected chi connectivity index (χ1v) is 11.0. The smallest absolute Gasteiger partial charge is 0.407 e. The molecule has 3 N–H and O–H groups in total. The normalized spacial score (nSPS) is 16.6. The summed E-state index contributed by atoms with van der Waals surface area (Å²) in [6.45, 7) is 11.3. The zero-order valence-electron chi connectivity index (χ0n) is 18.5. The highest BCUT2D eigenvalue weighted by Crippen LogP contribution is 2.38. The molecule has 1 aliphatic rings. The minimum absolute atomic E-state index is 0.145. The number of amides is 1. The van der Waals surface area contributed by atoms with Gasteiger partial charge in [-0.2, -0.15) is 0 Å². The van der Waals surface area contributed by atoms with Crippen LogP contribution in [0.15, 0.2) is 29.3 Å². The van der Waals surface area contributed by atoms with E-state index in [0.29, 0.717) is 38.8 Å². The fraction of sp³-hybridized carbons (Fsp3) is 0.636. The summed E-state index contributed by atoms with van der Waals surface area (Å²) >= 11 is 6.53. The Morgan fingerprint density at radius 3 is 2.47 bits per heavy atom. The van der Waals surface area contributed by atoms with Crippen molar-refractivity contribution in [2.45, 2.75) is 51.6 Å². The highest BCUT2D eigenvalue weighted by Gasteiger charge is 2.36. The maximum Gasteiger partial charge on any atom is 0.407 e. The van der Waals surface area contributed by atoms with Crippen LogP contribution in [-0.2, 0) is 14.9 Å². The van der Waals surface area contributed by atoms with Gasteiger partial charge in [0.2, 0.25) is 0 Å². The number of carbonyl (C=O) groups excluding carboxylic acids is 1. The Labute approximate surface area is 185 Å². The number of hydrogen-bond acceptors (Lipinski definition) is 4. The van der Waals surface area contributed by atoms with Gasteiger partial charge in [0.15, 0.2) is 5.96 Å². The molecule has 30 heavy (non-hydrogen) atoms. The summed E-state index contributed by atoms with van der Waals surface area (Å²) in [5.41, 5.74) is 0.472. The number of halogens is 1. The molecular formula is C22H35ClN4O3. The maximum absolute atomic E-state index is 11.8. The van der Waals surface area contributed by atoms with Gasteiger partial charge < -0.3 is 25.4 Å². The summed E-state index contributed by atoms with van der Waals surface area (Å²) < 4.78 is 10.8. The molecule has 1 fully saturated rings. The van der Waals surface area contributed by atoms with Crippen molar-refractivity contribution >= 4 is 23.7 Å². The zero-order valence-corrected chi connectivity index (χ0v) is 19.3. The average Bonchev–Trinajstić information content (AvgIpc) is 2.69. The monoisotopic (exact) mass is 438 g/mol. The van der Waals surface area contributed by atoms with Crippen molar-refractivity contribution in [1.82, 2.24) is 16.0 Å². The second-order valence-electron chi connectivity index (χ2n) is 8.42. The molecule has 0 aromatic heterocycles. The number of nitrogens with one attached hydrogen (secondary N) is 3. The minimum atomic E-state index is -0.509. The highest BCUT2D eigenvalue weighted by atomic mass is 35.5. The van der Waals surface area contributed by atoms with E-state index in [9.17, 15) is 4.79 Å². The molecule has 0 saturated carbocycles. The van der Waals surface area contributed by atoms with Crippen molar-refractivity contribution in [3.05, 3.63) is 34.9 Å². The molecule has 0 aliphatic carbocycles. The average molecular weight is 439 g/mol. The van der Waals surface area contributed by atoms with Crippen molar-refractivity contribution in [1.29, 1.82) is 0 Å². The van der Waals surface area contributed by atoms with Gasteiger partial charge in [0.1, 0.15) is 5.60 Å². The summed E-state index contributed by atoms with van der Waals surface area (Å²) in [4.78, 5) is 16.6. The summed E-state index contributed by atoms with van der Waals surface area (Å²) in [6, 6.07) is 8.00. The number of benzene rings is 1. The quantitative estimate of drug-likeness (QED) is 0.345. The van der Waals surface area contributed by atoms with E-state index in [2.05, 4.69) is 22.0 Å². The Morgan fingerprint density at radius 2 is 1.83 bits per heavy atom. The van der Waals surface area contributed by atoms with Crippen LogP contribution in [0.2, 0.25) is 5.02 Å². The predicted molar refractivity (Wildman–Crippen MR) is 121 cm³/mol. The molecule has 1 aromatic rings. The first kappa shape index (κ1) is 24.3. The number of rotatable bonds is 7. The van der Waals surface area contributed by atoms with Crippen LogP contribution < -0.4 is 16.0 Å². The molecule has 2 rings (SSSR count). The second-order valence-corrected chi connectivity index (χ2v) is 8.83. The molecule has 1 saturated heterocycles. The van der Waals surface area contributed by atoms with Crippen molar-refractivity contribution < 1.29 is 14.3 Å². The lowest BCUT2D eigenvalue weighted by Gasteiger charge is -2.37. The molecule has 0 atom stereocenters. The van der Waals surface area contributed by atoms with Crippen LogP contribution in [0, 0.1) is 0 Å². The Kier molecular flexibility index (Phi) is 9.24. The molecule has 0 unspecified atom stereocenters. The Morgan fingerprint density at radius 1 is 1.17 bits per heavy atom. The van der Waals surface area contributed by atoms with Crippen LogP contribution in [-0.4, -0.2) is 57.0 Å². The Balaban J connectivity index is 1.99. The van der Waals surface area contributed by atoms with E-state index < -0.39 is 11.7 Å². The first-order chi connectivity index (χ1) is 14.3. The molecule has 7 nitrogen and oxygen atoms in total. The van der Waals surface area contributed by atoms with Gasteiger partial charge in [0.25, 0.3) is 0 Å². The molecule has 1 aliphatic heterocycles. The van der Waals surface area contributed by atoms with Crippen molar-refractivity contribution in [2.24, 2.45) is 4.99 Å². The molecule has 0 spiro atoms. The summed E-state index contributed by atoms with van der Waals surface area (Å²) in [6.07, 6.45) is 1.32. The summed E-state index contributed by atoms with van der Waals surface area (Å²) in [5.74, 6) is 0.710. The molecule has 1 amide bonds. The number of aliphatic imine (C=N–C) groups is 1. The van der Waals surface area contributed by atoms with E-state index in [1.165, 1.54) is 0 Å². The lowest BCUT2D eigenvalue weighted by Crippen LogP contribution is -2.44. The lowest BCUT2D eigenvalue weighted by molar-refractivity contribution is 0.0527. The van der Waals surface area contributed by atoms with E-state index in [1.807, 2.05) is 45.9 Å². The summed E-state index contributed by atoms with van der Waals surface area (Å²) in [5, 5.41) is 10.0. The van der Waals surface area contributed by atoms with Crippen LogP contribution in [0.25, 0.3) is 0 Å². The fourth-order valence-electron chi connectivity index (χ4n) is 3.40. The molecular weight excluding hydrogens is 404 g/mol. The van der Waals surface area contributed by atoms with Gasteiger partial charge in [-0.15, -0.1) is 0 Å². The third-order valence-electron chi connectivity index (χ3n) is 4.86. The second kappa shape index (κ2) is 11.4. The number of ether oxygens (including phenoxy) is 2. The van der Waals surface area contributed by atoms with Crippen molar-refractivity contribution in [3.63, 3.8) is 0 Å². The highest BCUT2D eigenvalue weighted by molar-refractivity contribution is 6.31. The van der Waals surface area contributed by atoms with Crippen LogP contribution in [0.3, 0.4) is 0 Å². The zero-order chi connectivity index (χ0) is 22.0. The standard InChI is InChI=1S/C22H35ClN4O3/c1-5-24-19(25-12-13-26-20(28)30-21(2,3)4)27-16-22(10-14-29-15-11-22)17-8-6-7-9-18(17)23/h6-9H,5,10-16H2,1-4H3,(H,26,28)(H2,24,25,27). The van der Waals surface area contributed by atoms with Crippen LogP contribution in [0.1, 0.15) is 46.1 Å². The van der Waals surface area contributed by atoms with Gasteiger partial charge >= 0.3 is 6.09 Å². The molecule has 0 radical (unpaired) electrons. The van der Waals surface area contributed by atoms with Crippen LogP contribution >= 0.6 is 11.6 Å². The van der Waals surface area contributed by atoms with Gasteiger partial charge in [0.05, 0.1) is 6.54 Å². The lowest BCUT2D eigenvalue weighted by atomic mass is 9.74. The van der Waals surface area contributed by atoms with Gasteiger partial charge in [0, 0.05) is 43.3 Å². The maximum atomic E-state index is 11.8. The number of guanidine groups is 1. The van der Waals surface area contributed by atoms with E-state index in [0.717, 1.165) is 30.0 Å². The first-order valence-electron chi connectivity index (χ1n) is 10.6. The number of carbonyl (C=O) groups is 1. The topological polar surface area (TPSA) is 84.0 Å². The largest absolute Gasteiger partial charge is 0.444 e. The molecule has 0 bridgehead atoms. The van der Waals surface area contributed by atoms with Crippen molar-refractivity contribution in [3.8, 4) is 0 Å². The molecule has 168 valence electrons. The number of alkyl carbamates (subject to hydrolysis) is 1. The predicted octanol–water partition coefficient (Wildman–Crippen LogP) is 3.47. The van der Waals surface area contributed by atoms with E-state index in [-0.39, 0.29) is 5.41 Å². The SMILES string of the molecule is CCNC(=NCC1(c2ccccc2Cl)CCOCC1)NCCNC(=O)OC(C)(C)C. The Hall–Kier alpha value is -1.99. The minimum Gasteiger partial charge on any atom is -0.444 e. The van der Waals surface area contributed by atoms with E-state index in [4.69, 9.17) is 26.1 Å². The third kappa shape index (κ3) is 7.69. The van der Waals surface area contributed by atoms with E-state index >= 15 is 0 Å². The third-order valence-corrected chi connectivity index (χ3v) is 5.19. The number of nitrogens with zero attached hydrogens (tertiary/aromatic N) is 1. The molecule has 1 heterocycles. The van der Waals surface area contributed by atoms with Crippen LogP contribution in [0.5, 0.6) is 0 Å². The molecule has 8 heteroatoms. The van der Waals surface area contributed by atoms with Gasteiger partial charge in [-0.1, -0.05) is 29.8 Å². The fourth-order valence-corrected chi connectivity index (χ4v) is 3.73.